The van der Waals surface area contributed by atoms with E-state index in [2.05, 4.69) is 0 Å². The molecule has 2 rings (SSSR count). The van der Waals surface area contributed by atoms with Crippen molar-refractivity contribution >= 4 is 0 Å². The fourth-order valence-corrected chi connectivity index (χ4v) is 2.18. The van der Waals surface area contributed by atoms with Gasteiger partial charge in [0.25, 0.3) is 0 Å². The maximum atomic E-state index is 5.85. The van der Waals surface area contributed by atoms with Crippen molar-refractivity contribution in [2.24, 2.45) is 11.7 Å². The molecule has 2 fully saturated rings. The van der Waals surface area contributed by atoms with Gasteiger partial charge in [0.1, 0.15) is 0 Å². The Hall–Kier alpha value is -0.160. The molecule has 2 N–H and O–H groups in total. The molecular formula is C11H21NO3. The molecule has 0 bridgehead atoms. The van der Waals surface area contributed by atoms with Crippen LogP contribution in [0.3, 0.4) is 0 Å². The highest BCUT2D eigenvalue weighted by molar-refractivity contribution is 4.95. The van der Waals surface area contributed by atoms with Crippen LogP contribution in [0.25, 0.3) is 0 Å². The van der Waals surface area contributed by atoms with E-state index in [0.29, 0.717) is 12.5 Å². The summed E-state index contributed by atoms with van der Waals surface area (Å²) in [5, 5.41) is 0. The smallest absolute Gasteiger partial charge is 0.0988 e. The molecule has 0 aromatic carbocycles. The summed E-state index contributed by atoms with van der Waals surface area (Å²) in [5.74, 6) is 0.573. The van der Waals surface area contributed by atoms with Crippen LogP contribution in [0, 0.1) is 5.92 Å². The summed E-state index contributed by atoms with van der Waals surface area (Å²) in [6.45, 7) is 5.23. The molecule has 0 spiro atoms. The first-order chi connectivity index (χ1) is 7.31. The van der Waals surface area contributed by atoms with Crippen LogP contribution in [0.4, 0.5) is 0 Å². The topological polar surface area (TPSA) is 53.7 Å². The summed E-state index contributed by atoms with van der Waals surface area (Å²) in [4.78, 5) is 0. The van der Waals surface area contributed by atoms with E-state index in [9.17, 15) is 0 Å². The number of ether oxygens (including phenoxy) is 3. The maximum absolute atomic E-state index is 5.85. The van der Waals surface area contributed by atoms with Gasteiger partial charge >= 0.3 is 0 Å². The van der Waals surface area contributed by atoms with Gasteiger partial charge in [0.05, 0.1) is 25.4 Å². The Bertz CT molecular complexity index is 194. The Morgan fingerprint density at radius 2 is 2.27 bits per heavy atom. The second-order valence-electron chi connectivity index (χ2n) is 4.42. The van der Waals surface area contributed by atoms with Gasteiger partial charge in [-0.15, -0.1) is 0 Å². The third kappa shape index (κ3) is 2.69. The van der Waals surface area contributed by atoms with Crippen LogP contribution in [0.1, 0.15) is 19.8 Å². The van der Waals surface area contributed by atoms with Gasteiger partial charge < -0.3 is 19.9 Å². The molecule has 1 heterocycles. The molecule has 1 aliphatic heterocycles. The monoisotopic (exact) mass is 215 g/mol. The third-order valence-electron chi connectivity index (χ3n) is 3.22. The van der Waals surface area contributed by atoms with E-state index < -0.39 is 0 Å². The average molecular weight is 215 g/mol. The van der Waals surface area contributed by atoms with Crippen molar-refractivity contribution in [3.8, 4) is 0 Å². The van der Waals surface area contributed by atoms with Crippen molar-refractivity contribution in [2.45, 2.75) is 38.0 Å². The van der Waals surface area contributed by atoms with Crippen molar-refractivity contribution in [1.29, 1.82) is 0 Å². The third-order valence-corrected chi connectivity index (χ3v) is 3.22. The van der Waals surface area contributed by atoms with Crippen LogP contribution in [0.2, 0.25) is 0 Å². The van der Waals surface area contributed by atoms with Crippen LogP contribution in [-0.4, -0.2) is 44.7 Å². The molecule has 1 aliphatic carbocycles. The van der Waals surface area contributed by atoms with Crippen molar-refractivity contribution in [1.82, 2.24) is 0 Å². The number of hydrogen-bond acceptors (Lipinski definition) is 4. The highest BCUT2D eigenvalue weighted by Gasteiger charge is 2.40. The molecule has 4 nitrogen and oxygen atoms in total. The van der Waals surface area contributed by atoms with E-state index >= 15 is 0 Å². The van der Waals surface area contributed by atoms with Gasteiger partial charge in [0.2, 0.25) is 0 Å². The molecule has 4 unspecified atom stereocenters. The van der Waals surface area contributed by atoms with Gasteiger partial charge in [-0.2, -0.15) is 0 Å². The van der Waals surface area contributed by atoms with Crippen molar-refractivity contribution in [3.63, 3.8) is 0 Å². The lowest BCUT2D eigenvalue weighted by atomic mass is 9.86. The minimum absolute atomic E-state index is 0.109. The van der Waals surface area contributed by atoms with Gasteiger partial charge in [-0.1, -0.05) is 0 Å². The summed E-state index contributed by atoms with van der Waals surface area (Å²) < 4.78 is 16.6. The predicted octanol–water partition coefficient (Wildman–Crippen LogP) is 0.544. The van der Waals surface area contributed by atoms with Crippen molar-refractivity contribution in [2.75, 3.05) is 26.4 Å². The minimum atomic E-state index is 0.109. The first-order valence-corrected chi connectivity index (χ1v) is 5.87. The lowest BCUT2D eigenvalue weighted by Gasteiger charge is -2.42. The first kappa shape index (κ1) is 11.3. The summed E-state index contributed by atoms with van der Waals surface area (Å²) in [7, 11) is 0. The van der Waals surface area contributed by atoms with E-state index in [4.69, 9.17) is 19.9 Å². The zero-order valence-corrected chi connectivity index (χ0v) is 9.35. The highest BCUT2D eigenvalue weighted by atomic mass is 16.5. The molecular weight excluding hydrogens is 194 g/mol. The van der Waals surface area contributed by atoms with Crippen LogP contribution in [0.15, 0.2) is 0 Å². The first-order valence-electron chi connectivity index (χ1n) is 5.87. The zero-order chi connectivity index (χ0) is 10.7. The Labute approximate surface area is 91.1 Å². The van der Waals surface area contributed by atoms with Gasteiger partial charge in [-0.3, -0.25) is 0 Å². The molecule has 88 valence electrons. The van der Waals surface area contributed by atoms with Crippen LogP contribution >= 0.6 is 0 Å². The average Bonchev–Trinajstić information content (AvgIpc) is 2.73. The van der Waals surface area contributed by atoms with Crippen molar-refractivity contribution in [3.05, 3.63) is 0 Å². The number of hydrogen-bond donors (Lipinski definition) is 1. The summed E-state index contributed by atoms with van der Waals surface area (Å²) >= 11 is 0. The Morgan fingerprint density at radius 1 is 1.40 bits per heavy atom. The van der Waals surface area contributed by atoms with E-state index in [1.807, 2.05) is 6.92 Å². The highest BCUT2D eigenvalue weighted by Crippen LogP contribution is 2.27. The Kier molecular flexibility index (Phi) is 3.97. The molecule has 1 saturated carbocycles. The summed E-state index contributed by atoms with van der Waals surface area (Å²) in [6, 6.07) is 0.162. The molecule has 0 aromatic rings. The fraction of sp³-hybridized carbons (Fsp3) is 1.00. The molecule has 0 aromatic heterocycles. The molecule has 4 heteroatoms. The van der Waals surface area contributed by atoms with E-state index in [0.717, 1.165) is 32.7 Å². The van der Waals surface area contributed by atoms with Crippen LogP contribution in [-0.2, 0) is 14.2 Å². The molecule has 15 heavy (non-hydrogen) atoms. The predicted molar refractivity (Wildman–Crippen MR) is 56.7 cm³/mol. The number of rotatable bonds is 5. The number of nitrogens with two attached hydrogens (primary N) is 1. The molecule has 0 amide bonds. The van der Waals surface area contributed by atoms with Crippen LogP contribution < -0.4 is 5.73 Å². The second kappa shape index (κ2) is 5.25. The van der Waals surface area contributed by atoms with Gasteiger partial charge in [0.15, 0.2) is 0 Å². The molecule has 4 atom stereocenters. The van der Waals surface area contributed by atoms with Gasteiger partial charge in [-0.25, -0.2) is 0 Å². The largest absolute Gasteiger partial charge is 0.381 e. The second-order valence-corrected chi connectivity index (χ2v) is 4.42. The normalized spacial score (nSPS) is 40.4. The summed E-state index contributed by atoms with van der Waals surface area (Å²) in [5.41, 5.74) is 5.85. The van der Waals surface area contributed by atoms with Crippen LogP contribution in [0.5, 0.6) is 0 Å². The van der Waals surface area contributed by atoms with Crippen molar-refractivity contribution < 1.29 is 14.2 Å². The molecule has 1 saturated heterocycles. The standard InChI is InChI=1S/C11H21NO3/c1-2-14-11-9(12)5-10(11)15-7-8-3-4-13-6-8/h8-11H,2-7,12H2,1H3. The van der Waals surface area contributed by atoms with Gasteiger partial charge in [0, 0.05) is 25.2 Å². The maximum Gasteiger partial charge on any atom is 0.0988 e. The summed E-state index contributed by atoms with van der Waals surface area (Å²) in [6.07, 6.45) is 2.37. The SMILES string of the molecule is CCOC1C(N)CC1OCC1CCOC1. The molecule has 0 radical (unpaired) electrons. The Morgan fingerprint density at radius 3 is 2.87 bits per heavy atom. The fourth-order valence-electron chi connectivity index (χ4n) is 2.18. The van der Waals surface area contributed by atoms with E-state index in [1.54, 1.807) is 0 Å². The minimum Gasteiger partial charge on any atom is -0.381 e. The molecule has 2 aliphatic rings. The van der Waals surface area contributed by atoms with E-state index in [1.165, 1.54) is 0 Å². The quantitative estimate of drug-likeness (QED) is 0.727. The Balaban J connectivity index is 1.66. The zero-order valence-electron chi connectivity index (χ0n) is 9.35. The lowest BCUT2D eigenvalue weighted by molar-refractivity contribution is -0.142. The lowest BCUT2D eigenvalue weighted by Crippen LogP contribution is -2.58. The van der Waals surface area contributed by atoms with Gasteiger partial charge in [-0.05, 0) is 19.8 Å². The van der Waals surface area contributed by atoms with E-state index in [-0.39, 0.29) is 18.2 Å².